The molecule has 3 atom stereocenters. The number of ketones is 1. The summed E-state index contributed by atoms with van der Waals surface area (Å²) >= 11 is 3.34. The van der Waals surface area contributed by atoms with E-state index in [-0.39, 0.29) is 36.4 Å². The Morgan fingerprint density at radius 3 is 2.56 bits per heavy atom. The molecule has 1 aliphatic heterocycles. The van der Waals surface area contributed by atoms with Crippen molar-refractivity contribution < 1.29 is 19.5 Å². The SMILES string of the molecule is CC(=O)c1nn(CC(=O)N2[C@H](C(=O)Nc3nc(Br)ccc3C)C[C@@]3(C)C#C[C@@H]23)c2c(CO)cc(-c3cnc(C)nc3)cc12. The van der Waals surface area contributed by atoms with Crippen molar-refractivity contribution in [3.63, 3.8) is 0 Å². The Balaban J connectivity index is 1.36. The summed E-state index contributed by atoms with van der Waals surface area (Å²) in [5.74, 6) is 6.20. The maximum absolute atomic E-state index is 14.0. The molecule has 1 saturated heterocycles. The molecule has 1 aromatic carbocycles. The highest BCUT2D eigenvalue weighted by atomic mass is 79.9. The number of carbonyl (C=O) groups excluding carboxylic acids is 3. The van der Waals surface area contributed by atoms with Crippen LogP contribution in [0.3, 0.4) is 0 Å². The van der Waals surface area contributed by atoms with E-state index in [4.69, 9.17) is 0 Å². The Morgan fingerprint density at radius 2 is 1.91 bits per heavy atom. The number of rotatable bonds is 7. The first-order valence-corrected chi connectivity index (χ1v) is 14.5. The molecule has 0 saturated carbocycles. The molecule has 43 heavy (non-hydrogen) atoms. The van der Waals surface area contributed by atoms with Crippen molar-refractivity contribution in [1.29, 1.82) is 0 Å². The number of aliphatic hydroxyl groups excluding tert-OH is 1. The highest BCUT2D eigenvalue weighted by Gasteiger charge is 2.56. The van der Waals surface area contributed by atoms with Gasteiger partial charge < -0.3 is 15.3 Å². The van der Waals surface area contributed by atoms with Gasteiger partial charge in [-0.2, -0.15) is 5.10 Å². The predicted octanol–water partition coefficient (Wildman–Crippen LogP) is 3.59. The smallest absolute Gasteiger partial charge is 0.248 e. The number of aryl methyl sites for hydroxylation is 2. The van der Waals surface area contributed by atoms with Crippen LogP contribution in [0.5, 0.6) is 0 Å². The van der Waals surface area contributed by atoms with E-state index in [1.165, 1.54) is 16.5 Å². The van der Waals surface area contributed by atoms with Gasteiger partial charge >= 0.3 is 0 Å². The summed E-state index contributed by atoms with van der Waals surface area (Å²) in [5.41, 5.74) is 2.81. The molecule has 1 fully saturated rings. The minimum absolute atomic E-state index is 0.174. The van der Waals surface area contributed by atoms with Crippen LogP contribution in [-0.4, -0.2) is 64.4 Å². The van der Waals surface area contributed by atoms with Crippen LogP contribution in [0.1, 0.15) is 47.7 Å². The third-order valence-electron chi connectivity index (χ3n) is 8.05. The van der Waals surface area contributed by atoms with Crippen LogP contribution in [0.15, 0.2) is 41.3 Å². The monoisotopic (exact) mass is 641 g/mol. The maximum atomic E-state index is 14.0. The van der Waals surface area contributed by atoms with Gasteiger partial charge in [-0.05, 0) is 72.4 Å². The quantitative estimate of drug-likeness (QED) is 0.177. The second-order valence-electron chi connectivity index (χ2n) is 11.2. The van der Waals surface area contributed by atoms with E-state index >= 15 is 0 Å². The third kappa shape index (κ3) is 4.98. The standard InChI is InChI=1S/C31H28BrN7O4/c1-16-5-6-25(32)35-29(16)36-30(43)23-11-31(4)8-7-24(31)39(23)26(42)14-38-28-20(15-40)9-19(21-12-33-18(3)34-13-21)10-22(28)27(37-38)17(2)41/h5-6,9-10,12-13,23-24,40H,11,14-15H2,1-4H3,(H,35,36,43)/t23-,24+,31+/m0/s1. The number of Topliss-reactive ketones (excluding diaryl/α,β-unsaturated/α-hetero) is 1. The lowest BCUT2D eigenvalue weighted by atomic mass is 9.76. The number of nitrogens with one attached hydrogen (secondary N) is 1. The zero-order chi connectivity index (χ0) is 30.6. The van der Waals surface area contributed by atoms with E-state index < -0.39 is 17.5 Å². The van der Waals surface area contributed by atoms with Crippen LogP contribution in [0.4, 0.5) is 5.82 Å². The molecule has 11 nitrogen and oxygen atoms in total. The van der Waals surface area contributed by atoms with Gasteiger partial charge in [0.15, 0.2) is 5.78 Å². The van der Waals surface area contributed by atoms with Crippen molar-refractivity contribution in [2.75, 3.05) is 5.32 Å². The molecule has 3 aromatic heterocycles. The Hall–Kier alpha value is -4.47. The van der Waals surface area contributed by atoms with Crippen LogP contribution in [0.2, 0.25) is 0 Å². The number of amides is 2. The van der Waals surface area contributed by atoms with E-state index in [1.807, 2.05) is 19.9 Å². The van der Waals surface area contributed by atoms with E-state index in [2.05, 4.69) is 53.1 Å². The molecule has 0 unspecified atom stereocenters. The molecular weight excluding hydrogens is 614 g/mol. The van der Waals surface area contributed by atoms with E-state index in [0.717, 1.165) is 5.56 Å². The van der Waals surface area contributed by atoms with Gasteiger partial charge in [-0.25, -0.2) is 15.0 Å². The van der Waals surface area contributed by atoms with Crippen molar-refractivity contribution in [3.05, 3.63) is 63.9 Å². The number of halogens is 1. The van der Waals surface area contributed by atoms with E-state index in [9.17, 15) is 19.5 Å². The first-order valence-electron chi connectivity index (χ1n) is 13.7. The number of likely N-dealkylation sites (tertiary alicyclic amines) is 1. The van der Waals surface area contributed by atoms with Gasteiger partial charge in [0.05, 0.1) is 17.5 Å². The molecule has 0 radical (unpaired) electrons. The van der Waals surface area contributed by atoms with Crippen LogP contribution < -0.4 is 5.32 Å². The molecular formula is C31H28BrN7O4. The van der Waals surface area contributed by atoms with Crippen LogP contribution in [0, 0.1) is 31.1 Å². The first kappa shape index (κ1) is 28.6. The Labute approximate surface area is 255 Å². The van der Waals surface area contributed by atoms with Crippen molar-refractivity contribution in [2.24, 2.45) is 5.41 Å². The van der Waals surface area contributed by atoms with Crippen molar-refractivity contribution in [2.45, 2.75) is 59.4 Å². The number of aromatic nitrogens is 5. The summed E-state index contributed by atoms with van der Waals surface area (Å²) in [6.45, 7) is 6.37. The van der Waals surface area contributed by atoms with Crippen molar-refractivity contribution >= 4 is 50.2 Å². The van der Waals surface area contributed by atoms with Gasteiger partial charge in [-0.15, -0.1) is 0 Å². The molecule has 4 heterocycles. The zero-order valence-corrected chi connectivity index (χ0v) is 25.6. The number of pyridine rings is 1. The van der Waals surface area contributed by atoms with Gasteiger partial charge in [-0.3, -0.25) is 19.1 Å². The van der Waals surface area contributed by atoms with Gasteiger partial charge in [-0.1, -0.05) is 17.9 Å². The number of fused-ring (bicyclic) bond motifs is 2. The average molecular weight is 643 g/mol. The molecule has 1 aliphatic carbocycles. The summed E-state index contributed by atoms with van der Waals surface area (Å²) < 4.78 is 2.01. The van der Waals surface area contributed by atoms with Crippen molar-refractivity contribution in [3.8, 4) is 23.0 Å². The highest BCUT2D eigenvalue weighted by Crippen LogP contribution is 2.45. The molecule has 12 heteroatoms. The fourth-order valence-electron chi connectivity index (χ4n) is 5.79. The summed E-state index contributed by atoms with van der Waals surface area (Å²) in [6, 6.07) is 5.95. The molecule has 218 valence electrons. The first-order chi connectivity index (χ1) is 20.5. The fourth-order valence-corrected chi connectivity index (χ4v) is 6.10. The lowest BCUT2D eigenvalue weighted by Gasteiger charge is -2.34. The fraction of sp³-hybridized carbons (Fsp3) is 0.323. The minimum atomic E-state index is -0.801. The number of benzene rings is 1. The van der Waals surface area contributed by atoms with Gasteiger partial charge in [0.2, 0.25) is 11.8 Å². The topological polar surface area (TPSA) is 143 Å². The molecule has 4 aromatic rings. The Morgan fingerprint density at radius 1 is 1.16 bits per heavy atom. The van der Waals surface area contributed by atoms with Crippen LogP contribution in [0.25, 0.3) is 22.0 Å². The number of aliphatic hydroxyl groups is 1. The van der Waals surface area contributed by atoms with Crippen LogP contribution >= 0.6 is 15.9 Å². The lowest BCUT2D eigenvalue weighted by Crippen LogP contribution is -2.50. The summed E-state index contributed by atoms with van der Waals surface area (Å²) in [6.07, 6.45) is 3.72. The molecule has 0 bridgehead atoms. The Kier molecular flexibility index (Phi) is 7.10. The molecule has 0 spiro atoms. The summed E-state index contributed by atoms with van der Waals surface area (Å²) in [7, 11) is 0. The maximum Gasteiger partial charge on any atom is 0.248 e. The second kappa shape index (κ2) is 10.7. The normalized spacial score (nSPS) is 20.3. The average Bonchev–Trinajstić information content (AvgIpc) is 3.43. The summed E-state index contributed by atoms with van der Waals surface area (Å²) in [5, 5.41) is 18.3. The molecule has 2 aliphatic rings. The predicted molar refractivity (Wildman–Crippen MR) is 162 cm³/mol. The molecule has 2 N–H and O–H groups in total. The molecule has 2 amide bonds. The highest BCUT2D eigenvalue weighted by molar-refractivity contribution is 9.10. The van der Waals surface area contributed by atoms with Gasteiger partial charge in [0, 0.05) is 35.8 Å². The minimum Gasteiger partial charge on any atom is -0.392 e. The van der Waals surface area contributed by atoms with E-state index in [0.29, 0.717) is 50.3 Å². The number of nitrogens with zero attached hydrogens (tertiary/aromatic N) is 6. The number of anilines is 1. The van der Waals surface area contributed by atoms with Gasteiger partial charge in [0.25, 0.3) is 0 Å². The number of hydrogen-bond acceptors (Lipinski definition) is 8. The third-order valence-corrected chi connectivity index (χ3v) is 8.49. The number of hydrogen-bond donors (Lipinski definition) is 2. The van der Waals surface area contributed by atoms with Gasteiger partial charge in [0.1, 0.15) is 40.6 Å². The largest absolute Gasteiger partial charge is 0.392 e. The Bertz CT molecular complexity index is 1890. The van der Waals surface area contributed by atoms with E-state index in [1.54, 1.807) is 37.5 Å². The number of carbonyl (C=O) groups is 3. The lowest BCUT2D eigenvalue weighted by molar-refractivity contribution is -0.138. The van der Waals surface area contributed by atoms with Crippen LogP contribution in [-0.2, 0) is 22.7 Å². The molecule has 6 rings (SSSR count). The summed E-state index contributed by atoms with van der Waals surface area (Å²) in [4.78, 5) is 54.7. The van der Waals surface area contributed by atoms with Crippen molar-refractivity contribution in [1.82, 2.24) is 29.6 Å². The second-order valence-corrected chi connectivity index (χ2v) is 12.0. The zero-order valence-electron chi connectivity index (χ0n) is 24.0.